The van der Waals surface area contributed by atoms with Gasteiger partial charge in [0.1, 0.15) is 17.3 Å². The maximum atomic E-state index is 4.67. The van der Waals surface area contributed by atoms with Crippen LogP contribution in [0.4, 0.5) is 5.82 Å². The predicted molar refractivity (Wildman–Crippen MR) is 103 cm³/mol. The van der Waals surface area contributed by atoms with E-state index in [-0.39, 0.29) is 0 Å². The molecule has 7 heteroatoms. The van der Waals surface area contributed by atoms with Crippen LogP contribution in [0.25, 0.3) is 22.8 Å². The van der Waals surface area contributed by atoms with Crippen LogP contribution in [0.1, 0.15) is 11.4 Å². The minimum atomic E-state index is 0.467. The Morgan fingerprint density at radius 3 is 2.41 bits per heavy atom. The molecule has 4 rings (SSSR count). The standard InChI is InChI=1S/C20H17N7/c1-14-11-23-19(24-12-14)13-25-18-10-17(15-5-8-21-9-6-15)26-20(27-18)16-4-2-3-7-22-16/h2-12H,13H2,1H3,(H,25,26,27). The van der Waals surface area contributed by atoms with Crippen LogP contribution in [0.15, 0.2) is 67.4 Å². The first-order chi connectivity index (χ1) is 13.3. The van der Waals surface area contributed by atoms with Crippen LogP contribution in [0.5, 0.6) is 0 Å². The van der Waals surface area contributed by atoms with Crippen LogP contribution in [0.2, 0.25) is 0 Å². The van der Waals surface area contributed by atoms with Gasteiger partial charge in [-0.3, -0.25) is 9.97 Å². The van der Waals surface area contributed by atoms with E-state index in [0.29, 0.717) is 29.7 Å². The van der Waals surface area contributed by atoms with Crippen molar-refractivity contribution in [2.45, 2.75) is 13.5 Å². The largest absolute Gasteiger partial charge is 0.363 e. The number of rotatable bonds is 5. The van der Waals surface area contributed by atoms with Crippen LogP contribution >= 0.6 is 0 Å². The van der Waals surface area contributed by atoms with Crippen LogP contribution in [0, 0.1) is 6.92 Å². The quantitative estimate of drug-likeness (QED) is 0.587. The molecular weight excluding hydrogens is 338 g/mol. The average molecular weight is 355 g/mol. The molecule has 4 aromatic heterocycles. The number of anilines is 1. The van der Waals surface area contributed by atoms with Gasteiger partial charge in [-0.15, -0.1) is 0 Å². The molecular formula is C20H17N7. The second-order valence-corrected chi connectivity index (χ2v) is 5.94. The van der Waals surface area contributed by atoms with Crippen LogP contribution in [-0.2, 0) is 6.54 Å². The molecule has 7 nitrogen and oxygen atoms in total. The summed E-state index contributed by atoms with van der Waals surface area (Å²) in [5.41, 5.74) is 3.49. The molecule has 0 aliphatic heterocycles. The highest BCUT2D eigenvalue weighted by Gasteiger charge is 2.10. The van der Waals surface area contributed by atoms with Crippen LogP contribution in [-0.4, -0.2) is 29.9 Å². The molecule has 0 saturated heterocycles. The SMILES string of the molecule is Cc1cnc(CNc2cc(-c3ccncc3)nc(-c3ccccn3)n2)nc1. The van der Waals surface area contributed by atoms with Crippen LogP contribution < -0.4 is 5.32 Å². The molecule has 0 radical (unpaired) electrons. The monoisotopic (exact) mass is 355 g/mol. The summed E-state index contributed by atoms with van der Waals surface area (Å²) in [6.07, 6.45) is 8.80. The molecule has 4 aromatic rings. The highest BCUT2D eigenvalue weighted by atomic mass is 15.1. The van der Waals surface area contributed by atoms with Crippen molar-refractivity contribution < 1.29 is 0 Å². The summed E-state index contributed by atoms with van der Waals surface area (Å²) in [6.45, 7) is 2.43. The lowest BCUT2D eigenvalue weighted by molar-refractivity contribution is 0.929. The number of hydrogen-bond donors (Lipinski definition) is 1. The zero-order valence-electron chi connectivity index (χ0n) is 14.7. The molecule has 0 saturated carbocycles. The van der Waals surface area contributed by atoms with Gasteiger partial charge in [-0.2, -0.15) is 0 Å². The van der Waals surface area contributed by atoms with E-state index in [2.05, 4.69) is 35.2 Å². The molecule has 0 amide bonds. The Labute approximate surface area is 156 Å². The molecule has 0 atom stereocenters. The Kier molecular flexibility index (Phi) is 4.74. The first kappa shape index (κ1) is 16.7. The van der Waals surface area contributed by atoms with Crippen molar-refractivity contribution in [3.8, 4) is 22.8 Å². The first-order valence-electron chi connectivity index (χ1n) is 8.50. The molecule has 1 N–H and O–H groups in total. The number of aromatic nitrogens is 6. The Balaban J connectivity index is 1.68. The minimum Gasteiger partial charge on any atom is -0.363 e. The average Bonchev–Trinajstić information content (AvgIpc) is 2.74. The van der Waals surface area contributed by atoms with Crippen LogP contribution in [0.3, 0.4) is 0 Å². The number of hydrogen-bond acceptors (Lipinski definition) is 7. The molecule has 0 spiro atoms. The zero-order valence-corrected chi connectivity index (χ0v) is 14.7. The summed E-state index contributed by atoms with van der Waals surface area (Å²) in [7, 11) is 0. The highest BCUT2D eigenvalue weighted by Crippen LogP contribution is 2.23. The van der Waals surface area contributed by atoms with E-state index in [9.17, 15) is 0 Å². The topological polar surface area (TPSA) is 89.4 Å². The zero-order chi connectivity index (χ0) is 18.5. The van der Waals surface area contributed by atoms with E-state index >= 15 is 0 Å². The number of nitrogens with one attached hydrogen (secondary N) is 1. The Bertz CT molecular complexity index is 961. The second kappa shape index (κ2) is 7.65. The second-order valence-electron chi connectivity index (χ2n) is 5.94. The van der Waals surface area contributed by atoms with Crippen molar-refractivity contribution in [1.82, 2.24) is 29.9 Å². The van der Waals surface area contributed by atoms with Gasteiger partial charge in [0.15, 0.2) is 5.82 Å². The third kappa shape index (κ3) is 4.09. The third-order valence-electron chi connectivity index (χ3n) is 3.86. The van der Waals surface area contributed by atoms with Gasteiger partial charge in [-0.05, 0) is 36.8 Å². The molecule has 0 aliphatic rings. The first-order valence-corrected chi connectivity index (χ1v) is 8.50. The predicted octanol–water partition coefficient (Wildman–Crippen LogP) is 3.31. The number of aryl methyl sites for hydroxylation is 1. The summed E-state index contributed by atoms with van der Waals surface area (Å²) >= 11 is 0. The molecule has 4 heterocycles. The van der Waals surface area contributed by atoms with Crippen molar-refractivity contribution in [2.75, 3.05) is 5.32 Å². The summed E-state index contributed by atoms with van der Waals surface area (Å²) < 4.78 is 0. The van der Waals surface area contributed by atoms with Crippen molar-refractivity contribution in [2.24, 2.45) is 0 Å². The van der Waals surface area contributed by atoms with E-state index in [1.54, 1.807) is 31.0 Å². The van der Waals surface area contributed by atoms with Gasteiger partial charge < -0.3 is 5.32 Å². The van der Waals surface area contributed by atoms with Gasteiger partial charge in [-0.1, -0.05) is 6.07 Å². The lowest BCUT2D eigenvalue weighted by Crippen LogP contribution is -2.07. The van der Waals surface area contributed by atoms with E-state index in [4.69, 9.17) is 0 Å². The van der Waals surface area contributed by atoms with Gasteiger partial charge in [-0.25, -0.2) is 19.9 Å². The van der Waals surface area contributed by atoms with Gasteiger partial charge in [0.25, 0.3) is 0 Å². The maximum Gasteiger partial charge on any atom is 0.180 e. The normalized spacial score (nSPS) is 10.6. The Hall–Kier alpha value is -3.74. The summed E-state index contributed by atoms with van der Waals surface area (Å²) in [4.78, 5) is 26.3. The van der Waals surface area contributed by atoms with Gasteiger partial charge in [0, 0.05) is 42.6 Å². The van der Waals surface area contributed by atoms with E-state index < -0.39 is 0 Å². The fourth-order valence-electron chi connectivity index (χ4n) is 2.50. The van der Waals surface area contributed by atoms with Gasteiger partial charge in [0.2, 0.25) is 0 Å². The summed E-state index contributed by atoms with van der Waals surface area (Å²) in [5, 5.41) is 3.28. The molecule has 132 valence electrons. The third-order valence-corrected chi connectivity index (χ3v) is 3.86. The number of nitrogens with zero attached hydrogens (tertiary/aromatic N) is 6. The van der Waals surface area contributed by atoms with Crippen molar-refractivity contribution in [1.29, 1.82) is 0 Å². The van der Waals surface area contributed by atoms with Gasteiger partial charge >= 0.3 is 0 Å². The van der Waals surface area contributed by atoms with Crippen molar-refractivity contribution >= 4 is 5.82 Å². The van der Waals surface area contributed by atoms with Crippen molar-refractivity contribution in [3.63, 3.8) is 0 Å². The Morgan fingerprint density at radius 2 is 1.67 bits per heavy atom. The van der Waals surface area contributed by atoms with E-state index in [0.717, 1.165) is 16.8 Å². The maximum absolute atomic E-state index is 4.67. The smallest absolute Gasteiger partial charge is 0.180 e. The highest BCUT2D eigenvalue weighted by molar-refractivity contribution is 5.65. The lowest BCUT2D eigenvalue weighted by atomic mass is 10.2. The Morgan fingerprint density at radius 1 is 0.852 bits per heavy atom. The summed E-state index contributed by atoms with van der Waals surface area (Å²) in [5.74, 6) is 1.93. The fourth-order valence-corrected chi connectivity index (χ4v) is 2.50. The molecule has 0 fully saturated rings. The molecule has 27 heavy (non-hydrogen) atoms. The van der Waals surface area contributed by atoms with Gasteiger partial charge in [0.05, 0.1) is 12.2 Å². The minimum absolute atomic E-state index is 0.467. The molecule has 0 unspecified atom stereocenters. The molecule has 0 aromatic carbocycles. The summed E-state index contributed by atoms with van der Waals surface area (Å²) in [6, 6.07) is 11.4. The number of pyridine rings is 2. The molecule has 0 aliphatic carbocycles. The lowest BCUT2D eigenvalue weighted by Gasteiger charge is -2.10. The molecule has 0 bridgehead atoms. The van der Waals surface area contributed by atoms with E-state index in [1.165, 1.54) is 0 Å². The van der Waals surface area contributed by atoms with E-state index in [1.807, 2.05) is 43.3 Å². The fraction of sp³-hybridized carbons (Fsp3) is 0.100. The van der Waals surface area contributed by atoms with Crippen molar-refractivity contribution in [3.05, 3.63) is 78.8 Å².